The maximum absolute atomic E-state index is 11.4. The molecule has 1 aliphatic heterocycles. The van der Waals surface area contributed by atoms with E-state index < -0.39 is 5.91 Å². The molecule has 25 heavy (non-hydrogen) atoms. The molecule has 0 bridgehead atoms. The molecule has 0 aromatic heterocycles. The summed E-state index contributed by atoms with van der Waals surface area (Å²) in [5, 5.41) is 3.28. The molecule has 1 saturated heterocycles. The van der Waals surface area contributed by atoms with Crippen LogP contribution in [0.3, 0.4) is 0 Å². The molecular formula is C17H26IN5O2. The predicted octanol–water partition coefficient (Wildman–Crippen LogP) is 1.03. The van der Waals surface area contributed by atoms with Crippen LogP contribution in [0.25, 0.3) is 0 Å². The van der Waals surface area contributed by atoms with Crippen LogP contribution in [0.5, 0.6) is 0 Å². The van der Waals surface area contributed by atoms with E-state index in [1.807, 2.05) is 24.0 Å². The summed E-state index contributed by atoms with van der Waals surface area (Å²) in [5.41, 5.74) is 6.74. The Hall–Kier alpha value is -1.84. The van der Waals surface area contributed by atoms with Gasteiger partial charge in [-0.05, 0) is 24.6 Å². The van der Waals surface area contributed by atoms with Gasteiger partial charge in [-0.15, -0.1) is 24.0 Å². The molecule has 2 amide bonds. The van der Waals surface area contributed by atoms with E-state index >= 15 is 0 Å². The standard InChI is InChI=1S/C17H25N5O2.HI/c1-3-19-17(22-9-7-21(8-10-22)13(2)23)20-12-14-5-4-6-15(11-14)16(18)24;/h4-6,11H,3,7-10,12H2,1-2H3,(H2,18,24)(H,19,20);1H. The number of piperazine rings is 1. The highest BCUT2D eigenvalue weighted by atomic mass is 127. The van der Waals surface area contributed by atoms with Crippen LogP contribution in [-0.2, 0) is 11.3 Å². The first-order valence-corrected chi connectivity index (χ1v) is 8.18. The molecule has 1 aliphatic rings. The van der Waals surface area contributed by atoms with Gasteiger partial charge in [-0.25, -0.2) is 4.99 Å². The monoisotopic (exact) mass is 459 g/mol. The molecule has 1 fully saturated rings. The summed E-state index contributed by atoms with van der Waals surface area (Å²) in [5.74, 6) is 0.498. The molecule has 8 heteroatoms. The Labute approximate surface area is 165 Å². The summed E-state index contributed by atoms with van der Waals surface area (Å²) in [6, 6.07) is 7.20. The molecule has 0 unspecified atom stereocenters. The lowest BCUT2D eigenvalue weighted by atomic mass is 10.1. The maximum Gasteiger partial charge on any atom is 0.248 e. The normalized spacial score (nSPS) is 14.7. The number of halogens is 1. The van der Waals surface area contributed by atoms with Crippen molar-refractivity contribution < 1.29 is 9.59 Å². The predicted molar refractivity (Wildman–Crippen MR) is 109 cm³/mol. The average Bonchev–Trinajstić information content (AvgIpc) is 2.59. The molecule has 0 atom stereocenters. The van der Waals surface area contributed by atoms with E-state index in [4.69, 9.17) is 5.73 Å². The van der Waals surface area contributed by atoms with E-state index in [1.54, 1.807) is 19.1 Å². The van der Waals surface area contributed by atoms with Crippen LogP contribution in [0.4, 0.5) is 0 Å². The van der Waals surface area contributed by atoms with Gasteiger partial charge in [0.05, 0.1) is 6.54 Å². The van der Waals surface area contributed by atoms with Crippen molar-refractivity contribution in [2.45, 2.75) is 20.4 Å². The first kappa shape index (κ1) is 21.2. The van der Waals surface area contributed by atoms with E-state index in [0.717, 1.165) is 31.2 Å². The molecule has 1 heterocycles. The molecule has 1 aromatic rings. The van der Waals surface area contributed by atoms with Crippen molar-refractivity contribution in [2.75, 3.05) is 32.7 Å². The first-order valence-electron chi connectivity index (χ1n) is 8.18. The Bertz CT molecular complexity index is 627. The maximum atomic E-state index is 11.4. The zero-order valence-corrected chi connectivity index (χ0v) is 17.0. The van der Waals surface area contributed by atoms with Crippen LogP contribution < -0.4 is 11.1 Å². The third-order valence-electron chi connectivity index (χ3n) is 3.98. The Morgan fingerprint density at radius 3 is 2.40 bits per heavy atom. The van der Waals surface area contributed by atoms with E-state index in [2.05, 4.69) is 15.2 Å². The van der Waals surface area contributed by atoms with Gasteiger partial charge < -0.3 is 20.9 Å². The number of primary amides is 1. The van der Waals surface area contributed by atoms with Crippen LogP contribution >= 0.6 is 24.0 Å². The number of hydrogen-bond acceptors (Lipinski definition) is 3. The van der Waals surface area contributed by atoms with Gasteiger partial charge in [0.2, 0.25) is 11.8 Å². The van der Waals surface area contributed by atoms with Crippen molar-refractivity contribution in [1.82, 2.24) is 15.1 Å². The van der Waals surface area contributed by atoms with Crippen molar-refractivity contribution in [2.24, 2.45) is 10.7 Å². The molecule has 1 aromatic carbocycles. The largest absolute Gasteiger partial charge is 0.366 e. The number of nitrogens with zero attached hydrogens (tertiary/aromatic N) is 3. The molecule has 7 nitrogen and oxygen atoms in total. The van der Waals surface area contributed by atoms with Gasteiger partial charge in [0.1, 0.15) is 0 Å². The summed E-state index contributed by atoms with van der Waals surface area (Å²) in [7, 11) is 0. The number of benzene rings is 1. The number of rotatable bonds is 4. The second-order valence-corrected chi connectivity index (χ2v) is 5.73. The molecule has 0 saturated carbocycles. The minimum atomic E-state index is -0.437. The zero-order chi connectivity index (χ0) is 17.5. The van der Waals surface area contributed by atoms with Crippen LogP contribution in [0, 0.1) is 0 Å². The van der Waals surface area contributed by atoms with E-state index in [9.17, 15) is 9.59 Å². The number of carbonyl (C=O) groups is 2. The number of nitrogens with one attached hydrogen (secondary N) is 1. The van der Waals surface area contributed by atoms with Crippen molar-refractivity contribution in [3.63, 3.8) is 0 Å². The second kappa shape index (κ2) is 10.2. The van der Waals surface area contributed by atoms with Gasteiger partial charge in [0, 0.05) is 45.2 Å². The van der Waals surface area contributed by atoms with Crippen molar-refractivity contribution in [3.8, 4) is 0 Å². The van der Waals surface area contributed by atoms with Crippen molar-refractivity contribution in [1.29, 1.82) is 0 Å². The van der Waals surface area contributed by atoms with Gasteiger partial charge in [0.15, 0.2) is 5.96 Å². The smallest absolute Gasteiger partial charge is 0.248 e. The minimum Gasteiger partial charge on any atom is -0.366 e. The number of nitrogens with two attached hydrogens (primary N) is 1. The lowest BCUT2D eigenvalue weighted by Crippen LogP contribution is -2.53. The molecule has 0 spiro atoms. The fourth-order valence-electron chi connectivity index (χ4n) is 2.65. The van der Waals surface area contributed by atoms with Gasteiger partial charge in [-0.2, -0.15) is 0 Å². The van der Waals surface area contributed by atoms with Crippen LogP contribution in [-0.4, -0.2) is 60.3 Å². The van der Waals surface area contributed by atoms with Crippen LogP contribution in [0.1, 0.15) is 29.8 Å². The Morgan fingerprint density at radius 2 is 1.84 bits per heavy atom. The number of carbonyl (C=O) groups excluding carboxylic acids is 2. The Morgan fingerprint density at radius 1 is 1.20 bits per heavy atom. The molecule has 3 N–H and O–H groups in total. The van der Waals surface area contributed by atoms with E-state index in [-0.39, 0.29) is 29.9 Å². The quantitative estimate of drug-likeness (QED) is 0.400. The highest BCUT2D eigenvalue weighted by Crippen LogP contribution is 2.08. The lowest BCUT2D eigenvalue weighted by Gasteiger charge is -2.36. The molecule has 138 valence electrons. The molecular weight excluding hydrogens is 433 g/mol. The third kappa shape index (κ3) is 6.18. The number of hydrogen-bond donors (Lipinski definition) is 2. The fraction of sp³-hybridized carbons (Fsp3) is 0.471. The number of guanidine groups is 1. The van der Waals surface area contributed by atoms with Gasteiger partial charge >= 0.3 is 0 Å². The molecule has 0 radical (unpaired) electrons. The van der Waals surface area contributed by atoms with Gasteiger partial charge in [-0.1, -0.05) is 12.1 Å². The lowest BCUT2D eigenvalue weighted by molar-refractivity contribution is -0.130. The summed E-state index contributed by atoms with van der Waals surface area (Å²) >= 11 is 0. The average molecular weight is 459 g/mol. The SMILES string of the molecule is CCNC(=NCc1cccc(C(N)=O)c1)N1CCN(C(C)=O)CC1.I. The van der Waals surface area contributed by atoms with Gasteiger partial charge in [-0.3, -0.25) is 9.59 Å². The number of amides is 2. The van der Waals surface area contributed by atoms with Crippen molar-refractivity contribution in [3.05, 3.63) is 35.4 Å². The van der Waals surface area contributed by atoms with Crippen molar-refractivity contribution >= 4 is 41.8 Å². The Balaban J connectivity index is 0.00000312. The van der Waals surface area contributed by atoms with E-state index in [1.165, 1.54) is 0 Å². The highest BCUT2D eigenvalue weighted by Gasteiger charge is 2.20. The third-order valence-corrected chi connectivity index (χ3v) is 3.98. The highest BCUT2D eigenvalue weighted by molar-refractivity contribution is 14.0. The second-order valence-electron chi connectivity index (χ2n) is 5.73. The molecule has 2 rings (SSSR count). The van der Waals surface area contributed by atoms with Crippen LogP contribution in [0.2, 0.25) is 0 Å². The summed E-state index contributed by atoms with van der Waals surface area (Å²) in [6.07, 6.45) is 0. The number of aliphatic imine (C=N–C) groups is 1. The zero-order valence-electron chi connectivity index (χ0n) is 14.7. The topological polar surface area (TPSA) is 91.0 Å². The summed E-state index contributed by atoms with van der Waals surface area (Å²) in [4.78, 5) is 31.3. The fourth-order valence-corrected chi connectivity index (χ4v) is 2.65. The van der Waals surface area contributed by atoms with Gasteiger partial charge in [0.25, 0.3) is 0 Å². The summed E-state index contributed by atoms with van der Waals surface area (Å²) in [6.45, 7) is 7.78. The summed E-state index contributed by atoms with van der Waals surface area (Å²) < 4.78 is 0. The van der Waals surface area contributed by atoms with E-state index in [0.29, 0.717) is 25.2 Å². The minimum absolute atomic E-state index is 0. The molecule has 0 aliphatic carbocycles. The Kier molecular flexibility index (Phi) is 8.67. The van der Waals surface area contributed by atoms with Crippen LogP contribution in [0.15, 0.2) is 29.3 Å². The first-order chi connectivity index (χ1) is 11.5.